The molecular weight excluding hydrogens is 132 g/mol. The fourth-order valence-corrected chi connectivity index (χ4v) is 1.20. The summed E-state index contributed by atoms with van der Waals surface area (Å²) in [6.45, 7) is 1.59. The molecule has 4 nitrogen and oxygen atoms in total. The lowest BCUT2D eigenvalue weighted by molar-refractivity contribution is -0.0321. The zero-order valence-corrected chi connectivity index (χ0v) is 5.83. The van der Waals surface area contributed by atoms with Gasteiger partial charge in [-0.1, -0.05) is 0 Å². The van der Waals surface area contributed by atoms with Gasteiger partial charge < -0.3 is 21.3 Å². The van der Waals surface area contributed by atoms with Gasteiger partial charge in [-0.3, -0.25) is 0 Å². The van der Waals surface area contributed by atoms with E-state index < -0.39 is 12.2 Å². The Balaban J connectivity index is 2.42. The van der Waals surface area contributed by atoms with Gasteiger partial charge in [0.05, 0.1) is 12.2 Å². The first-order chi connectivity index (χ1) is 4.75. The molecule has 0 spiro atoms. The van der Waals surface area contributed by atoms with E-state index in [1.165, 1.54) is 0 Å². The van der Waals surface area contributed by atoms with E-state index in [9.17, 15) is 5.11 Å². The molecule has 60 valence electrons. The maximum atomic E-state index is 9.27. The van der Waals surface area contributed by atoms with Gasteiger partial charge in [0.2, 0.25) is 0 Å². The Morgan fingerprint density at radius 2 is 2.10 bits per heavy atom. The van der Waals surface area contributed by atoms with Crippen LogP contribution in [0.2, 0.25) is 0 Å². The average Bonchev–Trinajstić information content (AvgIpc) is 1.95. The van der Waals surface area contributed by atoms with Gasteiger partial charge in [0, 0.05) is 19.0 Å². The van der Waals surface area contributed by atoms with Gasteiger partial charge in [-0.15, -0.1) is 0 Å². The molecule has 4 heteroatoms. The molecule has 0 aliphatic carbocycles. The Morgan fingerprint density at radius 3 is 2.60 bits per heavy atom. The van der Waals surface area contributed by atoms with Gasteiger partial charge >= 0.3 is 0 Å². The van der Waals surface area contributed by atoms with Crippen LogP contribution in [0.25, 0.3) is 0 Å². The van der Waals surface area contributed by atoms with Crippen molar-refractivity contribution >= 4 is 0 Å². The molecule has 1 fully saturated rings. The van der Waals surface area contributed by atoms with Gasteiger partial charge in [0.25, 0.3) is 0 Å². The van der Waals surface area contributed by atoms with E-state index in [0.29, 0.717) is 19.6 Å². The topological polar surface area (TPSA) is 78.5 Å². The van der Waals surface area contributed by atoms with E-state index in [1.807, 2.05) is 0 Å². The molecule has 10 heavy (non-hydrogen) atoms. The van der Waals surface area contributed by atoms with Gasteiger partial charge in [-0.05, 0) is 6.54 Å². The van der Waals surface area contributed by atoms with Gasteiger partial charge in [0.15, 0.2) is 0 Å². The van der Waals surface area contributed by atoms with E-state index in [1.54, 1.807) is 0 Å². The first-order valence-corrected chi connectivity index (χ1v) is 3.52. The average molecular weight is 146 g/mol. The predicted octanol–water partition coefficient (Wildman–Crippen LogP) is -2.11. The molecular formula is C6H14N2O2. The molecule has 0 aromatic heterocycles. The van der Waals surface area contributed by atoms with Crippen LogP contribution in [0.5, 0.6) is 0 Å². The zero-order valence-electron chi connectivity index (χ0n) is 5.83. The SMILES string of the molecule is NC[C@@H]1CNC[C@@H](O)[C@H]1O. The molecule has 0 amide bonds. The summed E-state index contributed by atoms with van der Waals surface area (Å²) >= 11 is 0. The number of nitrogens with two attached hydrogens (primary N) is 1. The van der Waals surface area contributed by atoms with Crippen molar-refractivity contribution in [3.05, 3.63) is 0 Å². The molecule has 1 aliphatic rings. The van der Waals surface area contributed by atoms with Crippen molar-refractivity contribution in [2.75, 3.05) is 19.6 Å². The van der Waals surface area contributed by atoms with Crippen molar-refractivity contribution in [2.24, 2.45) is 11.7 Å². The maximum absolute atomic E-state index is 9.27. The van der Waals surface area contributed by atoms with E-state index in [0.717, 1.165) is 0 Å². The number of aliphatic hydroxyl groups is 2. The third-order valence-corrected chi connectivity index (χ3v) is 1.94. The highest BCUT2D eigenvalue weighted by atomic mass is 16.3. The van der Waals surface area contributed by atoms with Crippen molar-refractivity contribution in [3.63, 3.8) is 0 Å². The molecule has 0 bridgehead atoms. The van der Waals surface area contributed by atoms with Crippen molar-refractivity contribution in [1.29, 1.82) is 0 Å². The smallest absolute Gasteiger partial charge is 0.0926 e. The van der Waals surface area contributed by atoms with Crippen LogP contribution < -0.4 is 11.1 Å². The van der Waals surface area contributed by atoms with Crippen molar-refractivity contribution in [2.45, 2.75) is 12.2 Å². The molecule has 0 radical (unpaired) electrons. The largest absolute Gasteiger partial charge is 0.390 e. The third-order valence-electron chi connectivity index (χ3n) is 1.94. The molecule has 5 N–H and O–H groups in total. The Bertz CT molecular complexity index is 110. The van der Waals surface area contributed by atoms with Crippen molar-refractivity contribution in [3.8, 4) is 0 Å². The lowest BCUT2D eigenvalue weighted by atomic mass is 9.94. The summed E-state index contributed by atoms with van der Waals surface area (Å²) in [6, 6.07) is 0. The zero-order chi connectivity index (χ0) is 7.56. The minimum Gasteiger partial charge on any atom is -0.390 e. The first-order valence-electron chi connectivity index (χ1n) is 3.52. The molecule has 0 unspecified atom stereocenters. The monoisotopic (exact) mass is 146 g/mol. The van der Waals surface area contributed by atoms with Crippen LogP contribution in [-0.4, -0.2) is 42.1 Å². The Kier molecular flexibility index (Phi) is 2.62. The Labute approximate surface area is 60.0 Å². The summed E-state index contributed by atoms with van der Waals surface area (Å²) in [6.07, 6.45) is -1.30. The van der Waals surface area contributed by atoms with Crippen LogP contribution in [0.1, 0.15) is 0 Å². The number of piperidine rings is 1. The number of nitrogens with one attached hydrogen (secondary N) is 1. The quantitative estimate of drug-likeness (QED) is 0.341. The second-order valence-corrected chi connectivity index (χ2v) is 2.71. The summed E-state index contributed by atoms with van der Waals surface area (Å²) < 4.78 is 0. The summed E-state index contributed by atoms with van der Waals surface area (Å²) in [7, 11) is 0. The normalized spacial score (nSPS) is 41.7. The van der Waals surface area contributed by atoms with Crippen LogP contribution in [0.15, 0.2) is 0 Å². The number of hydrogen-bond donors (Lipinski definition) is 4. The van der Waals surface area contributed by atoms with E-state index in [-0.39, 0.29) is 5.92 Å². The summed E-state index contributed by atoms with van der Waals surface area (Å²) in [4.78, 5) is 0. The molecule has 1 rings (SSSR count). The molecule has 0 aromatic carbocycles. The Hall–Kier alpha value is -0.160. The standard InChI is InChI=1S/C6H14N2O2/c7-1-4-2-8-3-5(9)6(4)10/h4-6,8-10H,1-3,7H2/t4-,5-,6+/m1/s1. The van der Waals surface area contributed by atoms with Gasteiger partial charge in [-0.25, -0.2) is 0 Å². The van der Waals surface area contributed by atoms with Crippen LogP contribution in [0, 0.1) is 5.92 Å². The van der Waals surface area contributed by atoms with Crippen LogP contribution >= 0.6 is 0 Å². The molecule has 3 atom stereocenters. The highest BCUT2D eigenvalue weighted by Crippen LogP contribution is 2.09. The number of rotatable bonds is 1. The molecule has 1 saturated heterocycles. The third kappa shape index (κ3) is 1.46. The molecule has 1 heterocycles. The second-order valence-electron chi connectivity index (χ2n) is 2.71. The van der Waals surface area contributed by atoms with Crippen LogP contribution in [0.3, 0.4) is 0 Å². The van der Waals surface area contributed by atoms with E-state index in [4.69, 9.17) is 10.8 Å². The van der Waals surface area contributed by atoms with Crippen molar-refractivity contribution in [1.82, 2.24) is 5.32 Å². The summed E-state index contributed by atoms with van der Waals surface area (Å²) in [5.41, 5.74) is 5.34. The summed E-state index contributed by atoms with van der Waals surface area (Å²) in [5, 5.41) is 21.4. The van der Waals surface area contributed by atoms with Crippen LogP contribution in [0.4, 0.5) is 0 Å². The lowest BCUT2D eigenvalue weighted by Gasteiger charge is -2.31. The first kappa shape index (κ1) is 7.94. The highest BCUT2D eigenvalue weighted by Gasteiger charge is 2.28. The van der Waals surface area contributed by atoms with E-state index >= 15 is 0 Å². The second kappa shape index (κ2) is 3.30. The van der Waals surface area contributed by atoms with Crippen molar-refractivity contribution < 1.29 is 10.2 Å². The minimum absolute atomic E-state index is 0.00347. The fourth-order valence-electron chi connectivity index (χ4n) is 1.20. The highest BCUT2D eigenvalue weighted by molar-refractivity contribution is 4.84. The molecule has 0 saturated carbocycles. The molecule has 0 aromatic rings. The summed E-state index contributed by atoms with van der Waals surface area (Å²) in [5.74, 6) is 0.00347. The number of β-amino-alcohol motifs (C(OH)–C–C–N with tert-alkyl or cyclic N) is 1. The number of aliphatic hydroxyl groups excluding tert-OH is 2. The minimum atomic E-state index is -0.651. The number of hydrogen-bond acceptors (Lipinski definition) is 4. The Morgan fingerprint density at radius 1 is 1.40 bits per heavy atom. The predicted molar refractivity (Wildman–Crippen MR) is 37.4 cm³/mol. The van der Waals surface area contributed by atoms with Gasteiger partial charge in [0.1, 0.15) is 0 Å². The lowest BCUT2D eigenvalue weighted by Crippen LogP contribution is -2.52. The van der Waals surface area contributed by atoms with E-state index in [2.05, 4.69) is 5.32 Å². The van der Waals surface area contributed by atoms with Crippen LogP contribution in [-0.2, 0) is 0 Å². The fraction of sp³-hybridized carbons (Fsp3) is 1.00. The molecule has 1 aliphatic heterocycles. The maximum Gasteiger partial charge on any atom is 0.0926 e. The van der Waals surface area contributed by atoms with Gasteiger partial charge in [-0.2, -0.15) is 0 Å².